The van der Waals surface area contributed by atoms with E-state index in [2.05, 4.69) is 56.9 Å². The molecule has 0 unspecified atom stereocenters. The number of carbonyl (C=O) groups is 1. The highest BCUT2D eigenvalue weighted by atomic mass is 16.5. The molecule has 0 bridgehead atoms. The van der Waals surface area contributed by atoms with E-state index in [0.29, 0.717) is 23.8 Å². The van der Waals surface area contributed by atoms with Crippen LogP contribution in [-0.4, -0.2) is 36.6 Å². The Hall–Kier alpha value is -1.35. The van der Waals surface area contributed by atoms with Crippen LogP contribution in [0.3, 0.4) is 0 Å². The van der Waals surface area contributed by atoms with Crippen LogP contribution in [0.2, 0.25) is 0 Å². The van der Waals surface area contributed by atoms with Gasteiger partial charge >= 0.3 is 0 Å². The predicted octanol–water partition coefficient (Wildman–Crippen LogP) is 4.08. The predicted molar refractivity (Wildman–Crippen MR) is 97.1 cm³/mol. The van der Waals surface area contributed by atoms with Crippen molar-refractivity contribution in [1.82, 2.24) is 4.90 Å². The molecule has 1 saturated carbocycles. The van der Waals surface area contributed by atoms with Crippen LogP contribution in [0.25, 0.3) is 0 Å². The third kappa shape index (κ3) is 3.51. The molecule has 1 aliphatic carbocycles. The van der Waals surface area contributed by atoms with E-state index in [9.17, 15) is 4.79 Å². The Kier molecular flexibility index (Phi) is 4.74. The Bertz CT molecular complexity index is 584. The number of likely N-dealkylation sites (tertiary alicyclic amines) is 1. The van der Waals surface area contributed by atoms with Crippen LogP contribution < -0.4 is 0 Å². The van der Waals surface area contributed by atoms with E-state index < -0.39 is 0 Å². The fourth-order valence-corrected chi connectivity index (χ4v) is 4.34. The van der Waals surface area contributed by atoms with Crippen LogP contribution in [0, 0.1) is 12.3 Å². The fourth-order valence-electron chi connectivity index (χ4n) is 4.34. The van der Waals surface area contributed by atoms with Crippen LogP contribution in [-0.2, 0) is 14.9 Å². The molecule has 1 spiro atoms. The quantitative estimate of drug-likeness (QED) is 0.814. The van der Waals surface area contributed by atoms with E-state index in [1.54, 1.807) is 0 Å². The second kappa shape index (κ2) is 6.51. The number of ether oxygens (including phenoxy) is 1. The van der Waals surface area contributed by atoms with Gasteiger partial charge in [0.05, 0.1) is 6.10 Å². The summed E-state index contributed by atoms with van der Waals surface area (Å²) in [5.41, 5.74) is 2.74. The van der Waals surface area contributed by atoms with Gasteiger partial charge in [0.2, 0.25) is 5.91 Å². The summed E-state index contributed by atoms with van der Waals surface area (Å²) >= 11 is 0. The van der Waals surface area contributed by atoms with Gasteiger partial charge in [-0.3, -0.25) is 4.79 Å². The Morgan fingerprint density at radius 2 is 1.96 bits per heavy atom. The van der Waals surface area contributed by atoms with Crippen LogP contribution in [0.5, 0.6) is 0 Å². The lowest BCUT2D eigenvalue weighted by Gasteiger charge is -2.44. The van der Waals surface area contributed by atoms with Crippen LogP contribution >= 0.6 is 0 Å². The Balaban J connectivity index is 1.57. The molecule has 3 nitrogen and oxygen atoms in total. The summed E-state index contributed by atoms with van der Waals surface area (Å²) in [6, 6.07) is 8.59. The highest BCUT2D eigenvalue weighted by Crippen LogP contribution is 2.49. The van der Waals surface area contributed by atoms with E-state index in [4.69, 9.17) is 4.74 Å². The highest BCUT2D eigenvalue weighted by Gasteiger charge is 2.50. The van der Waals surface area contributed by atoms with E-state index in [-0.39, 0.29) is 5.41 Å². The van der Waals surface area contributed by atoms with Crippen LogP contribution in [0.4, 0.5) is 0 Å². The monoisotopic (exact) mass is 329 g/mol. The van der Waals surface area contributed by atoms with Crippen LogP contribution in [0.1, 0.15) is 57.6 Å². The molecule has 0 aromatic heterocycles. The largest absolute Gasteiger partial charge is 0.378 e. The molecular formula is C21H31NO2. The number of benzene rings is 1. The van der Waals surface area contributed by atoms with Crippen molar-refractivity contribution in [2.75, 3.05) is 19.7 Å². The lowest BCUT2D eigenvalue weighted by molar-refractivity contribution is -0.133. The van der Waals surface area contributed by atoms with Gasteiger partial charge in [0, 0.05) is 26.1 Å². The maximum Gasteiger partial charge on any atom is 0.223 e. The standard InChI is InChI=1S/C21H31NO2/c1-5-24-18-12-21(13-18)10-11-22(15-21)19(23)14-20(3,4)17-8-6-16(2)7-9-17/h6-9,18H,5,10-15H2,1-4H3. The molecule has 3 rings (SSSR count). The summed E-state index contributed by atoms with van der Waals surface area (Å²) in [6.45, 7) is 11.2. The van der Waals surface area contributed by atoms with Gasteiger partial charge in [-0.15, -0.1) is 0 Å². The second-order valence-corrected chi connectivity index (χ2v) is 8.48. The second-order valence-electron chi connectivity index (χ2n) is 8.48. The Morgan fingerprint density at radius 1 is 1.29 bits per heavy atom. The van der Waals surface area contributed by atoms with Crippen molar-refractivity contribution in [3.8, 4) is 0 Å². The van der Waals surface area contributed by atoms with Gasteiger partial charge in [-0.1, -0.05) is 43.7 Å². The first-order valence-electron chi connectivity index (χ1n) is 9.30. The number of nitrogens with zero attached hydrogens (tertiary/aromatic N) is 1. The van der Waals surface area contributed by atoms with Gasteiger partial charge in [-0.05, 0) is 49.5 Å². The van der Waals surface area contributed by atoms with Crippen LogP contribution in [0.15, 0.2) is 24.3 Å². The van der Waals surface area contributed by atoms with Crippen molar-refractivity contribution in [2.45, 2.75) is 64.9 Å². The molecule has 3 heteroatoms. The zero-order valence-electron chi connectivity index (χ0n) is 15.6. The summed E-state index contributed by atoms with van der Waals surface area (Å²) in [5, 5.41) is 0. The summed E-state index contributed by atoms with van der Waals surface area (Å²) in [7, 11) is 0. The van der Waals surface area contributed by atoms with Crippen molar-refractivity contribution in [1.29, 1.82) is 0 Å². The van der Waals surface area contributed by atoms with Gasteiger partial charge < -0.3 is 9.64 Å². The SMILES string of the molecule is CCOC1CC2(CCN(C(=O)CC(C)(C)c3ccc(C)cc3)C2)C1. The molecule has 1 saturated heterocycles. The maximum atomic E-state index is 12.8. The smallest absolute Gasteiger partial charge is 0.223 e. The van der Waals surface area contributed by atoms with Gasteiger partial charge in [-0.25, -0.2) is 0 Å². The van der Waals surface area contributed by atoms with Gasteiger partial charge in [0.1, 0.15) is 0 Å². The molecule has 1 aromatic carbocycles. The number of aryl methyl sites for hydroxylation is 1. The number of rotatable bonds is 5. The minimum atomic E-state index is -0.117. The van der Waals surface area contributed by atoms with E-state index in [1.807, 2.05) is 0 Å². The van der Waals surface area contributed by atoms with Crippen molar-refractivity contribution >= 4 is 5.91 Å². The minimum absolute atomic E-state index is 0.117. The zero-order chi connectivity index (χ0) is 17.4. The summed E-state index contributed by atoms with van der Waals surface area (Å²) in [6.07, 6.45) is 4.42. The number of hydrogen-bond donors (Lipinski definition) is 0. The zero-order valence-corrected chi connectivity index (χ0v) is 15.6. The van der Waals surface area contributed by atoms with E-state index in [1.165, 1.54) is 11.1 Å². The van der Waals surface area contributed by atoms with E-state index >= 15 is 0 Å². The van der Waals surface area contributed by atoms with Crippen molar-refractivity contribution in [2.24, 2.45) is 5.41 Å². The first-order chi connectivity index (χ1) is 11.3. The van der Waals surface area contributed by atoms with Crippen molar-refractivity contribution in [3.63, 3.8) is 0 Å². The van der Waals surface area contributed by atoms with E-state index in [0.717, 1.165) is 39.0 Å². The molecule has 1 aromatic rings. The summed E-state index contributed by atoms with van der Waals surface area (Å²) in [5.74, 6) is 0.303. The molecule has 2 aliphatic rings. The maximum absolute atomic E-state index is 12.8. The van der Waals surface area contributed by atoms with Gasteiger partial charge in [-0.2, -0.15) is 0 Å². The average Bonchev–Trinajstić information content (AvgIpc) is 2.93. The number of amides is 1. The Labute approximate surface area is 146 Å². The molecule has 1 heterocycles. The van der Waals surface area contributed by atoms with Gasteiger partial charge in [0.15, 0.2) is 0 Å². The first kappa shape index (κ1) is 17.5. The average molecular weight is 329 g/mol. The van der Waals surface area contributed by atoms with Crippen molar-refractivity contribution < 1.29 is 9.53 Å². The third-order valence-corrected chi connectivity index (χ3v) is 5.94. The Morgan fingerprint density at radius 3 is 2.58 bits per heavy atom. The molecular weight excluding hydrogens is 298 g/mol. The molecule has 132 valence electrons. The lowest BCUT2D eigenvalue weighted by atomic mass is 9.66. The fraction of sp³-hybridized carbons (Fsp3) is 0.667. The topological polar surface area (TPSA) is 29.5 Å². The third-order valence-electron chi connectivity index (χ3n) is 5.94. The minimum Gasteiger partial charge on any atom is -0.378 e. The van der Waals surface area contributed by atoms with Crippen molar-refractivity contribution in [3.05, 3.63) is 35.4 Å². The molecule has 0 atom stereocenters. The molecule has 2 fully saturated rings. The first-order valence-corrected chi connectivity index (χ1v) is 9.30. The number of hydrogen-bond acceptors (Lipinski definition) is 2. The molecule has 0 radical (unpaired) electrons. The lowest BCUT2D eigenvalue weighted by Crippen LogP contribution is -2.45. The molecule has 1 amide bonds. The number of carbonyl (C=O) groups excluding carboxylic acids is 1. The molecule has 1 aliphatic heterocycles. The van der Waals surface area contributed by atoms with Gasteiger partial charge in [0.25, 0.3) is 0 Å². The summed E-state index contributed by atoms with van der Waals surface area (Å²) in [4.78, 5) is 14.9. The molecule has 24 heavy (non-hydrogen) atoms. The summed E-state index contributed by atoms with van der Waals surface area (Å²) < 4.78 is 5.70. The normalized spacial score (nSPS) is 26.7. The highest BCUT2D eigenvalue weighted by molar-refractivity contribution is 5.78. The molecule has 0 N–H and O–H groups in total.